The van der Waals surface area contributed by atoms with Crippen LogP contribution >= 0.6 is 11.6 Å². The summed E-state index contributed by atoms with van der Waals surface area (Å²) in [6.07, 6.45) is 1.54. The van der Waals surface area contributed by atoms with Gasteiger partial charge in [-0.1, -0.05) is 17.7 Å². The minimum atomic E-state index is -0.474. The molecule has 0 aliphatic carbocycles. The number of nitro groups is 1. The topological polar surface area (TPSA) is 69.2 Å². The van der Waals surface area contributed by atoms with Gasteiger partial charge in [-0.05, 0) is 31.4 Å². The molecule has 2 N–H and O–H groups in total. The summed E-state index contributed by atoms with van der Waals surface area (Å²) < 4.78 is 0. The fourth-order valence-electron chi connectivity index (χ4n) is 1.25. The predicted molar refractivity (Wildman–Crippen MR) is 60.1 cm³/mol. The van der Waals surface area contributed by atoms with Crippen LogP contribution < -0.4 is 5.73 Å². The standard InChI is InChI=1S/C10H13ClN2O2/c1-7(12)2-3-8-4-5-9(11)10(6-8)13(14)15/h4-7H,2-3,12H2,1H3/t7-/m1/s1. The van der Waals surface area contributed by atoms with Crippen molar-refractivity contribution in [3.05, 3.63) is 38.9 Å². The Hall–Kier alpha value is -1.13. The molecule has 0 aromatic heterocycles. The van der Waals surface area contributed by atoms with Crippen LogP contribution in [-0.2, 0) is 6.42 Å². The van der Waals surface area contributed by atoms with Gasteiger partial charge in [0, 0.05) is 12.1 Å². The van der Waals surface area contributed by atoms with E-state index in [1.807, 2.05) is 6.92 Å². The predicted octanol–water partition coefficient (Wildman–Crippen LogP) is 2.53. The van der Waals surface area contributed by atoms with E-state index in [2.05, 4.69) is 0 Å². The number of rotatable bonds is 4. The maximum atomic E-state index is 10.6. The third kappa shape index (κ3) is 3.49. The van der Waals surface area contributed by atoms with Crippen molar-refractivity contribution >= 4 is 17.3 Å². The zero-order valence-corrected chi connectivity index (χ0v) is 9.20. The second-order valence-electron chi connectivity index (χ2n) is 3.56. The first-order chi connectivity index (χ1) is 7.00. The maximum absolute atomic E-state index is 10.6. The fourth-order valence-corrected chi connectivity index (χ4v) is 1.43. The molecule has 5 heteroatoms. The van der Waals surface area contributed by atoms with Gasteiger partial charge in [0.25, 0.3) is 5.69 Å². The molecule has 1 aromatic carbocycles. The lowest BCUT2D eigenvalue weighted by molar-refractivity contribution is -0.384. The number of hydrogen-bond acceptors (Lipinski definition) is 3. The van der Waals surface area contributed by atoms with Crippen LogP contribution in [0.15, 0.2) is 18.2 Å². The Bertz CT molecular complexity index is 366. The maximum Gasteiger partial charge on any atom is 0.288 e. The van der Waals surface area contributed by atoms with Crippen LogP contribution in [0.5, 0.6) is 0 Å². The van der Waals surface area contributed by atoms with Crippen LogP contribution in [0.1, 0.15) is 18.9 Å². The first-order valence-electron chi connectivity index (χ1n) is 4.69. The molecule has 15 heavy (non-hydrogen) atoms. The monoisotopic (exact) mass is 228 g/mol. The molecule has 1 atom stereocenters. The van der Waals surface area contributed by atoms with Gasteiger partial charge in [0.05, 0.1) is 4.92 Å². The average Bonchev–Trinajstić information content (AvgIpc) is 2.16. The summed E-state index contributed by atoms with van der Waals surface area (Å²) >= 11 is 5.69. The Morgan fingerprint density at radius 1 is 1.60 bits per heavy atom. The summed E-state index contributed by atoms with van der Waals surface area (Å²) in [6, 6.07) is 4.94. The van der Waals surface area contributed by atoms with Crippen LogP contribution in [0.3, 0.4) is 0 Å². The SMILES string of the molecule is C[C@@H](N)CCc1ccc(Cl)c([N+](=O)[O-])c1. The van der Waals surface area contributed by atoms with E-state index in [1.165, 1.54) is 6.07 Å². The molecule has 0 saturated heterocycles. The van der Waals surface area contributed by atoms with Crippen molar-refractivity contribution in [3.63, 3.8) is 0 Å². The number of benzene rings is 1. The summed E-state index contributed by atoms with van der Waals surface area (Å²) in [5.41, 5.74) is 6.46. The van der Waals surface area contributed by atoms with Crippen LogP contribution in [-0.4, -0.2) is 11.0 Å². The van der Waals surface area contributed by atoms with E-state index in [0.717, 1.165) is 18.4 Å². The highest BCUT2D eigenvalue weighted by Gasteiger charge is 2.12. The number of halogens is 1. The lowest BCUT2D eigenvalue weighted by atomic mass is 10.1. The molecule has 82 valence electrons. The largest absolute Gasteiger partial charge is 0.328 e. The zero-order valence-electron chi connectivity index (χ0n) is 8.44. The molecule has 1 rings (SSSR count). The molecule has 0 aliphatic rings. The van der Waals surface area contributed by atoms with Crippen LogP contribution in [0.2, 0.25) is 5.02 Å². The van der Waals surface area contributed by atoms with E-state index in [4.69, 9.17) is 17.3 Å². The minimum absolute atomic E-state index is 0.0427. The van der Waals surface area contributed by atoms with Crippen molar-refractivity contribution in [1.29, 1.82) is 0 Å². The molecule has 0 bridgehead atoms. The Balaban J connectivity index is 2.83. The van der Waals surface area contributed by atoms with E-state index in [0.29, 0.717) is 0 Å². The van der Waals surface area contributed by atoms with E-state index in [9.17, 15) is 10.1 Å². The van der Waals surface area contributed by atoms with Crippen LogP contribution in [0.25, 0.3) is 0 Å². The lowest BCUT2D eigenvalue weighted by Gasteiger charge is -2.05. The number of nitrogens with two attached hydrogens (primary N) is 1. The van der Waals surface area contributed by atoms with Gasteiger partial charge in [-0.25, -0.2) is 0 Å². The first kappa shape index (κ1) is 11.9. The molecule has 0 saturated carbocycles. The number of nitrogens with zero attached hydrogens (tertiary/aromatic N) is 1. The second kappa shape index (κ2) is 5.09. The van der Waals surface area contributed by atoms with Gasteiger partial charge in [-0.3, -0.25) is 10.1 Å². The number of nitro benzene ring substituents is 1. The van der Waals surface area contributed by atoms with Gasteiger partial charge < -0.3 is 5.73 Å². The summed E-state index contributed by atoms with van der Waals surface area (Å²) in [7, 11) is 0. The van der Waals surface area contributed by atoms with Crippen molar-refractivity contribution in [2.24, 2.45) is 5.73 Å². The van der Waals surface area contributed by atoms with Gasteiger partial charge in [-0.2, -0.15) is 0 Å². The second-order valence-corrected chi connectivity index (χ2v) is 3.97. The smallest absolute Gasteiger partial charge is 0.288 e. The van der Waals surface area contributed by atoms with Crippen molar-refractivity contribution in [3.8, 4) is 0 Å². The molecule has 0 aliphatic heterocycles. The van der Waals surface area contributed by atoms with Crippen molar-refractivity contribution in [2.75, 3.05) is 0 Å². The van der Waals surface area contributed by atoms with Crippen molar-refractivity contribution < 1.29 is 4.92 Å². The quantitative estimate of drug-likeness (QED) is 0.636. The molecular weight excluding hydrogens is 216 g/mol. The Labute approximate surface area is 93.2 Å². The molecule has 0 radical (unpaired) electrons. The summed E-state index contributed by atoms with van der Waals surface area (Å²) in [6.45, 7) is 1.91. The highest BCUT2D eigenvalue weighted by atomic mass is 35.5. The molecule has 4 nitrogen and oxygen atoms in total. The van der Waals surface area contributed by atoms with Gasteiger partial charge >= 0.3 is 0 Å². The molecule has 1 aromatic rings. The average molecular weight is 229 g/mol. The Morgan fingerprint density at radius 2 is 2.27 bits per heavy atom. The third-order valence-corrected chi connectivity index (χ3v) is 2.42. The van der Waals surface area contributed by atoms with Crippen LogP contribution in [0.4, 0.5) is 5.69 Å². The van der Waals surface area contributed by atoms with E-state index >= 15 is 0 Å². The normalized spacial score (nSPS) is 12.5. The first-order valence-corrected chi connectivity index (χ1v) is 5.07. The fraction of sp³-hybridized carbons (Fsp3) is 0.400. The lowest BCUT2D eigenvalue weighted by Crippen LogP contribution is -2.15. The molecule has 0 amide bonds. The van der Waals surface area contributed by atoms with Crippen molar-refractivity contribution in [2.45, 2.75) is 25.8 Å². The number of hydrogen-bond donors (Lipinski definition) is 1. The molecule has 0 unspecified atom stereocenters. The third-order valence-electron chi connectivity index (χ3n) is 2.10. The highest BCUT2D eigenvalue weighted by Crippen LogP contribution is 2.25. The summed E-state index contributed by atoms with van der Waals surface area (Å²) in [4.78, 5) is 10.1. The Kier molecular flexibility index (Phi) is 4.05. The number of aryl methyl sites for hydroxylation is 1. The van der Waals surface area contributed by atoms with Gasteiger partial charge in [-0.15, -0.1) is 0 Å². The van der Waals surface area contributed by atoms with Gasteiger partial charge in [0.15, 0.2) is 0 Å². The van der Waals surface area contributed by atoms with E-state index in [-0.39, 0.29) is 16.8 Å². The molecule has 0 fully saturated rings. The zero-order chi connectivity index (χ0) is 11.4. The minimum Gasteiger partial charge on any atom is -0.328 e. The van der Waals surface area contributed by atoms with Crippen molar-refractivity contribution in [1.82, 2.24) is 0 Å². The highest BCUT2D eigenvalue weighted by molar-refractivity contribution is 6.32. The Morgan fingerprint density at radius 3 is 2.80 bits per heavy atom. The summed E-state index contributed by atoms with van der Waals surface area (Å²) in [5, 5.41) is 10.8. The van der Waals surface area contributed by atoms with E-state index in [1.54, 1.807) is 12.1 Å². The molecule has 0 spiro atoms. The van der Waals surface area contributed by atoms with Gasteiger partial charge in [0.1, 0.15) is 5.02 Å². The molecule has 0 heterocycles. The van der Waals surface area contributed by atoms with Crippen LogP contribution in [0, 0.1) is 10.1 Å². The molecular formula is C10H13ClN2O2. The van der Waals surface area contributed by atoms with Gasteiger partial charge in [0.2, 0.25) is 0 Å². The summed E-state index contributed by atoms with van der Waals surface area (Å²) in [5.74, 6) is 0. The van der Waals surface area contributed by atoms with E-state index < -0.39 is 4.92 Å².